The van der Waals surface area contributed by atoms with Crippen molar-refractivity contribution in [3.63, 3.8) is 0 Å². The molecule has 31 heavy (non-hydrogen) atoms. The molecule has 0 radical (unpaired) electrons. The number of amides is 1. The molecule has 162 valence electrons. The molecule has 1 aliphatic heterocycles. The van der Waals surface area contributed by atoms with Gasteiger partial charge in [0.25, 0.3) is 0 Å². The number of nitrogens with one attached hydrogen (secondary N) is 1. The smallest absolute Gasteiger partial charge is 0.241 e. The van der Waals surface area contributed by atoms with E-state index < -0.39 is 0 Å². The second-order valence-electron chi connectivity index (χ2n) is 7.89. The summed E-state index contributed by atoms with van der Waals surface area (Å²) in [4.78, 5) is 19.2. The van der Waals surface area contributed by atoms with Crippen LogP contribution in [0.3, 0.4) is 0 Å². The van der Waals surface area contributed by atoms with E-state index in [0.717, 1.165) is 31.5 Å². The molecular weight excluding hydrogens is 435 g/mol. The number of carbonyl (C=O) groups is 1. The Morgan fingerprint density at radius 2 is 1.90 bits per heavy atom. The van der Waals surface area contributed by atoms with Crippen LogP contribution in [0.2, 0.25) is 10.0 Å². The molecule has 4 rings (SSSR count). The summed E-state index contributed by atoms with van der Waals surface area (Å²) < 4.78 is 5.40. The Bertz CT molecular complexity index is 1040. The van der Waals surface area contributed by atoms with Crippen molar-refractivity contribution in [1.82, 2.24) is 20.4 Å². The Kier molecular flexibility index (Phi) is 6.90. The number of piperidine rings is 1. The minimum Gasteiger partial charge on any atom is -0.352 e. The molecule has 1 N–H and O–H groups in total. The molecule has 1 aromatic heterocycles. The standard InChI is InChI=1S/C23H24Cl2N4O2/c1-15-2-4-16(5-3-15)13-26-23(30)17-8-10-29(11-9-17)14-21-27-22(28-31-21)19-7-6-18(24)12-20(19)25/h2-7,12,17H,8-11,13-14H2,1H3,(H,26,30). The van der Waals surface area contributed by atoms with E-state index in [0.29, 0.717) is 40.4 Å². The Hall–Kier alpha value is -2.41. The highest BCUT2D eigenvalue weighted by Crippen LogP contribution is 2.28. The maximum atomic E-state index is 12.5. The van der Waals surface area contributed by atoms with Crippen molar-refractivity contribution >= 4 is 29.1 Å². The predicted molar refractivity (Wildman–Crippen MR) is 121 cm³/mol. The lowest BCUT2D eigenvalue weighted by Gasteiger charge is -2.30. The van der Waals surface area contributed by atoms with Crippen LogP contribution in [0.5, 0.6) is 0 Å². The molecule has 0 saturated carbocycles. The van der Waals surface area contributed by atoms with Gasteiger partial charge < -0.3 is 9.84 Å². The predicted octanol–water partition coefficient (Wildman–Crippen LogP) is 4.88. The molecule has 1 saturated heterocycles. The monoisotopic (exact) mass is 458 g/mol. The maximum Gasteiger partial charge on any atom is 0.241 e. The molecule has 2 heterocycles. The molecule has 0 atom stereocenters. The van der Waals surface area contributed by atoms with E-state index in [4.69, 9.17) is 27.7 Å². The zero-order chi connectivity index (χ0) is 21.8. The number of hydrogen-bond acceptors (Lipinski definition) is 5. The molecule has 1 aliphatic rings. The molecule has 0 spiro atoms. The van der Waals surface area contributed by atoms with Crippen molar-refractivity contribution in [3.8, 4) is 11.4 Å². The van der Waals surface area contributed by atoms with Crippen LogP contribution in [0, 0.1) is 12.8 Å². The average Bonchev–Trinajstić information content (AvgIpc) is 3.21. The summed E-state index contributed by atoms with van der Waals surface area (Å²) in [6.45, 7) is 4.79. The zero-order valence-corrected chi connectivity index (χ0v) is 18.8. The third-order valence-corrected chi connectivity index (χ3v) is 6.09. The van der Waals surface area contributed by atoms with Crippen LogP contribution in [0.4, 0.5) is 0 Å². The van der Waals surface area contributed by atoms with Crippen LogP contribution in [-0.4, -0.2) is 34.0 Å². The third-order valence-electron chi connectivity index (χ3n) is 5.54. The SMILES string of the molecule is Cc1ccc(CNC(=O)C2CCN(Cc3nc(-c4ccc(Cl)cc4Cl)no3)CC2)cc1. The fraction of sp³-hybridized carbons (Fsp3) is 0.348. The van der Waals surface area contributed by atoms with Crippen molar-refractivity contribution in [2.24, 2.45) is 5.92 Å². The summed E-state index contributed by atoms with van der Waals surface area (Å²) in [5, 5.41) is 8.15. The fourth-order valence-electron chi connectivity index (χ4n) is 3.68. The fourth-order valence-corrected chi connectivity index (χ4v) is 4.18. The number of benzene rings is 2. The number of likely N-dealkylation sites (tertiary alicyclic amines) is 1. The normalized spacial score (nSPS) is 15.2. The summed E-state index contributed by atoms with van der Waals surface area (Å²) in [5.41, 5.74) is 3.02. The summed E-state index contributed by atoms with van der Waals surface area (Å²) in [6.07, 6.45) is 1.62. The summed E-state index contributed by atoms with van der Waals surface area (Å²) >= 11 is 12.2. The van der Waals surface area contributed by atoms with Gasteiger partial charge in [0.2, 0.25) is 17.6 Å². The highest BCUT2D eigenvalue weighted by molar-refractivity contribution is 6.36. The van der Waals surface area contributed by atoms with Crippen LogP contribution >= 0.6 is 23.2 Å². The molecule has 0 bridgehead atoms. The summed E-state index contributed by atoms with van der Waals surface area (Å²) in [7, 11) is 0. The van der Waals surface area contributed by atoms with E-state index >= 15 is 0 Å². The van der Waals surface area contributed by atoms with E-state index in [2.05, 4.69) is 39.4 Å². The van der Waals surface area contributed by atoms with Gasteiger partial charge in [-0.2, -0.15) is 4.98 Å². The van der Waals surface area contributed by atoms with E-state index in [1.54, 1.807) is 18.2 Å². The van der Waals surface area contributed by atoms with Crippen molar-refractivity contribution in [3.05, 3.63) is 69.5 Å². The molecular formula is C23H24Cl2N4O2. The molecule has 0 unspecified atom stereocenters. The van der Waals surface area contributed by atoms with Crippen LogP contribution in [0.25, 0.3) is 11.4 Å². The minimum atomic E-state index is 0.0350. The first-order valence-electron chi connectivity index (χ1n) is 10.3. The number of hydrogen-bond donors (Lipinski definition) is 1. The highest BCUT2D eigenvalue weighted by Gasteiger charge is 2.26. The van der Waals surface area contributed by atoms with Crippen molar-refractivity contribution in [2.45, 2.75) is 32.9 Å². The largest absolute Gasteiger partial charge is 0.352 e. The second kappa shape index (κ2) is 9.81. The number of carbonyl (C=O) groups excluding carboxylic acids is 1. The number of aryl methyl sites for hydroxylation is 1. The Labute approximate surface area is 191 Å². The lowest BCUT2D eigenvalue weighted by Crippen LogP contribution is -2.40. The Morgan fingerprint density at radius 3 is 2.61 bits per heavy atom. The first kappa shape index (κ1) is 21.8. The topological polar surface area (TPSA) is 71.3 Å². The van der Waals surface area contributed by atoms with Crippen LogP contribution in [0.15, 0.2) is 47.0 Å². The average molecular weight is 459 g/mol. The van der Waals surface area contributed by atoms with Crippen LogP contribution in [-0.2, 0) is 17.9 Å². The van der Waals surface area contributed by atoms with Gasteiger partial charge >= 0.3 is 0 Å². The molecule has 6 nitrogen and oxygen atoms in total. The van der Waals surface area contributed by atoms with Crippen molar-refractivity contribution in [2.75, 3.05) is 13.1 Å². The van der Waals surface area contributed by atoms with Gasteiger partial charge in [-0.3, -0.25) is 9.69 Å². The number of nitrogens with zero attached hydrogens (tertiary/aromatic N) is 3. The molecule has 1 fully saturated rings. The van der Waals surface area contributed by atoms with Gasteiger partial charge in [-0.05, 0) is 56.6 Å². The van der Waals surface area contributed by atoms with Gasteiger partial charge in [0, 0.05) is 23.0 Å². The van der Waals surface area contributed by atoms with Gasteiger partial charge in [0.05, 0.1) is 11.6 Å². The first-order chi connectivity index (χ1) is 15.0. The lowest BCUT2D eigenvalue weighted by atomic mass is 9.96. The molecule has 1 amide bonds. The first-order valence-corrected chi connectivity index (χ1v) is 11.1. The van der Waals surface area contributed by atoms with Gasteiger partial charge in [-0.15, -0.1) is 0 Å². The molecule has 8 heteroatoms. The Balaban J connectivity index is 1.26. The lowest BCUT2D eigenvalue weighted by molar-refractivity contribution is -0.126. The second-order valence-corrected chi connectivity index (χ2v) is 8.73. The quantitative estimate of drug-likeness (QED) is 0.569. The highest BCUT2D eigenvalue weighted by atomic mass is 35.5. The van der Waals surface area contributed by atoms with Gasteiger partial charge in [0.15, 0.2) is 0 Å². The van der Waals surface area contributed by atoms with E-state index in [1.165, 1.54) is 5.56 Å². The molecule has 2 aromatic carbocycles. The van der Waals surface area contributed by atoms with Crippen molar-refractivity contribution in [1.29, 1.82) is 0 Å². The van der Waals surface area contributed by atoms with Crippen LogP contribution < -0.4 is 5.32 Å². The maximum absolute atomic E-state index is 12.5. The zero-order valence-electron chi connectivity index (χ0n) is 17.3. The van der Waals surface area contributed by atoms with Crippen LogP contribution in [0.1, 0.15) is 29.9 Å². The van der Waals surface area contributed by atoms with Gasteiger partial charge in [-0.1, -0.05) is 58.2 Å². The van der Waals surface area contributed by atoms with Crippen molar-refractivity contribution < 1.29 is 9.32 Å². The summed E-state index contributed by atoms with van der Waals surface area (Å²) in [6, 6.07) is 13.4. The van der Waals surface area contributed by atoms with Gasteiger partial charge in [0.1, 0.15) is 0 Å². The van der Waals surface area contributed by atoms with E-state index in [1.807, 2.05) is 12.1 Å². The molecule has 3 aromatic rings. The number of aromatic nitrogens is 2. The summed E-state index contributed by atoms with van der Waals surface area (Å²) in [5.74, 6) is 1.14. The van der Waals surface area contributed by atoms with E-state index in [9.17, 15) is 4.79 Å². The Morgan fingerprint density at radius 1 is 1.16 bits per heavy atom. The minimum absolute atomic E-state index is 0.0350. The molecule has 0 aliphatic carbocycles. The number of rotatable bonds is 6. The van der Waals surface area contributed by atoms with E-state index in [-0.39, 0.29) is 11.8 Å². The third kappa shape index (κ3) is 5.64. The van der Waals surface area contributed by atoms with Gasteiger partial charge in [-0.25, -0.2) is 0 Å². The number of halogens is 2.